The topological polar surface area (TPSA) is 95.5 Å². The molecule has 3 aromatic rings. The highest BCUT2D eigenvalue weighted by Crippen LogP contribution is 2.28. The summed E-state index contributed by atoms with van der Waals surface area (Å²) in [5, 5.41) is 3.97. The van der Waals surface area contributed by atoms with Gasteiger partial charge in [-0.05, 0) is 79.2 Å². The molecule has 0 aliphatic carbocycles. The van der Waals surface area contributed by atoms with Gasteiger partial charge in [0.1, 0.15) is 11.5 Å². The SMILES string of the molecule is CCOc1ccc(C(=O)Oc2ccc(/C=N/NC(=O)c3ccc(OC)cc3)cc2OC)cc1. The first-order valence-electron chi connectivity index (χ1n) is 10.1. The summed E-state index contributed by atoms with van der Waals surface area (Å²) in [5.41, 5.74) is 3.93. The first-order valence-corrected chi connectivity index (χ1v) is 10.1. The van der Waals surface area contributed by atoms with Crippen LogP contribution in [0.1, 0.15) is 33.2 Å². The molecule has 0 radical (unpaired) electrons. The summed E-state index contributed by atoms with van der Waals surface area (Å²) in [6.07, 6.45) is 1.46. The van der Waals surface area contributed by atoms with Crippen LogP contribution in [0.15, 0.2) is 71.8 Å². The Bertz CT molecular complexity index is 1120. The number of hydrogen-bond donors (Lipinski definition) is 1. The first-order chi connectivity index (χ1) is 16.0. The third-order valence-electron chi connectivity index (χ3n) is 4.52. The molecule has 3 aromatic carbocycles. The van der Waals surface area contributed by atoms with Crippen molar-refractivity contribution >= 4 is 18.1 Å². The van der Waals surface area contributed by atoms with Crippen molar-refractivity contribution in [1.29, 1.82) is 0 Å². The average Bonchev–Trinajstić information content (AvgIpc) is 2.85. The molecular weight excluding hydrogens is 424 g/mol. The van der Waals surface area contributed by atoms with Gasteiger partial charge in [-0.3, -0.25) is 4.79 Å². The van der Waals surface area contributed by atoms with Crippen molar-refractivity contribution in [1.82, 2.24) is 5.43 Å². The van der Waals surface area contributed by atoms with Gasteiger partial charge in [-0.1, -0.05) is 0 Å². The maximum absolute atomic E-state index is 12.5. The van der Waals surface area contributed by atoms with Crippen LogP contribution >= 0.6 is 0 Å². The maximum Gasteiger partial charge on any atom is 0.343 e. The van der Waals surface area contributed by atoms with Crippen molar-refractivity contribution in [3.8, 4) is 23.0 Å². The normalized spacial score (nSPS) is 10.5. The number of amides is 1. The van der Waals surface area contributed by atoms with Gasteiger partial charge in [0.15, 0.2) is 11.5 Å². The molecule has 1 amide bonds. The fraction of sp³-hybridized carbons (Fsp3) is 0.160. The zero-order valence-electron chi connectivity index (χ0n) is 18.5. The van der Waals surface area contributed by atoms with Crippen LogP contribution in [-0.2, 0) is 0 Å². The van der Waals surface area contributed by atoms with Crippen LogP contribution in [0.5, 0.6) is 23.0 Å². The molecule has 0 bridgehead atoms. The van der Waals surface area contributed by atoms with Crippen molar-refractivity contribution in [2.45, 2.75) is 6.92 Å². The summed E-state index contributed by atoms with van der Waals surface area (Å²) < 4.78 is 21.2. The van der Waals surface area contributed by atoms with E-state index in [0.29, 0.717) is 40.5 Å². The van der Waals surface area contributed by atoms with E-state index in [4.69, 9.17) is 18.9 Å². The van der Waals surface area contributed by atoms with Crippen molar-refractivity contribution < 1.29 is 28.5 Å². The molecule has 8 heteroatoms. The molecule has 8 nitrogen and oxygen atoms in total. The van der Waals surface area contributed by atoms with Gasteiger partial charge in [0, 0.05) is 5.56 Å². The van der Waals surface area contributed by atoms with E-state index in [1.807, 2.05) is 6.92 Å². The molecule has 0 saturated carbocycles. The van der Waals surface area contributed by atoms with Gasteiger partial charge in [0.2, 0.25) is 0 Å². The number of hydrazone groups is 1. The lowest BCUT2D eigenvalue weighted by Gasteiger charge is -2.10. The number of benzene rings is 3. The number of esters is 1. The number of rotatable bonds is 9. The largest absolute Gasteiger partial charge is 0.497 e. The van der Waals surface area contributed by atoms with Gasteiger partial charge in [-0.25, -0.2) is 10.2 Å². The average molecular weight is 448 g/mol. The molecule has 0 saturated heterocycles. The minimum absolute atomic E-state index is 0.260. The summed E-state index contributed by atoms with van der Waals surface area (Å²) in [6, 6.07) is 18.3. The van der Waals surface area contributed by atoms with Gasteiger partial charge in [0.05, 0.1) is 32.6 Å². The number of ether oxygens (including phenoxy) is 4. The lowest BCUT2D eigenvalue weighted by molar-refractivity contribution is 0.0729. The third kappa shape index (κ3) is 6.33. The fourth-order valence-electron chi connectivity index (χ4n) is 2.83. The number of carbonyl (C=O) groups excluding carboxylic acids is 2. The Morgan fingerprint density at radius 3 is 2.15 bits per heavy atom. The molecule has 0 aliphatic rings. The minimum atomic E-state index is -0.524. The van der Waals surface area contributed by atoms with E-state index in [-0.39, 0.29) is 11.7 Å². The molecule has 170 valence electrons. The highest BCUT2D eigenvalue weighted by molar-refractivity contribution is 5.95. The van der Waals surface area contributed by atoms with Crippen molar-refractivity contribution in [3.63, 3.8) is 0 Å². The summed E-state index contributed by atoms with van der Waals surface area (Å²) >= 11 is 0. The molecule has 0 atom stereocenters. The van der Waals surface area contributed by atoms with Crippen LogP contribution < -0.4 is 24.4 Å². The van der Waals surface area contributed by atoms with Gasteiger partial charge in [-0.15, -0.1) is 0 Å². The quantitative estimate of drug-likeness (QED) is 0.229. The fourth-order valence-corrected chi connectivity index (χ4v) is 2.83. The zero-order chi connectivity index (χ0) is 23.6. The Morgan fingerprint density at radius 1 is 0.848 bits per heavy atom. The minimum Gasteiger partial charge on any atom is -0.497 e. The summed E-state index contributed by atoms with van der Waals surface area (Å²) in [6.45, 7) is 2.43. The van der Waals surface area contributed by atoms with Crippen LogP contribution in [0, 0.1) is 0 Å². The molecule has 33 heavy (non-hydrogen) atoms. The highest BCUT2D eigenvalue weighted by Gasteiger charge is 2.13. The summed E-state index contributed by atoms with van der Waals surface area (Å²) in [5.74, 6) is 1.06. The van der Waals surface area contributed by atoms with E-state index in [0.717, 1.165) is 0 Å². The number of hydrogen-bond acceptors (Lipinski definition) is 7. The second-order valence-corrected chi connectivity index (χ2v) is 6.68. The molecule has 1 N–H and O–H groups in total. The Morgan fingerprint density at radius 2 is 1.52 bits per heavy atom. The van der Waals surface area contributed by atoms with Crippen molar-refractivity contribution in [2.75, 3.05) is 20.8 Å². The van der Waals surface area contributed by atoms with Crippen molar-refractivity contribution in [3.05, 3.63) is 83.4 Å². The lowest BCUT2D eigenvalue weighted by Crippen LogP contribution is -2.17. The van der Waals surface area contributed by atoms with E-state index in [1.165, 1.54) is 13.3 Å². The maximum atomic E-state index is 12.5. The van der Waals surface area contributed by atoms with Crippen LogP contribution in [0.3, 0.4) is 0 Å². The highest BCUT2D eigenvalue weighted by atomic mass is 16.6. The van der Waals surface area contributed by atoms with Gasteiger partial charge >= 0.3 is 5.97 Å². The summed E-state index contributed by atoms with van der Waals surface area (Å²) in [4.78, 5) is 24.6. The molecule has 3 rings (SSSR count). The van der Waals surface area contributed by atoms with Gasteiger partial charge < -0.3 is 18.9 Å². The smallest absolute Gasteiger partial charge is 0.343 e. The second-order valence-electron chi connectivity index (χ2n) is 6.68. The van der Waals surface area contributed by atoms with Crippen LogP contribution in [0.4, 0.5) is 0 Å². The molecule has 0 unspecified atom stereocenters. The molecule has 0 aromatic heterocycles. The Balaban J connectivity index is 1.63. The molecule has 0 spiro atoms. The first kappa shape index (κ1) is 23.3. The zero-order valence-corrected chi connectivity index (χ0v) is 18.5. The monoisotopic (exact) mass is 448 g/mol. The predicted molar refractivity (Wildman–Crippen MR) is 124 cm³/mol. The number of nitrogens with zero attached hydrogens (tertiary/aromatic N) is 1. The molecular formula is C25H24N2O6. The van der Waals surface area contributed by atoms with E-state index in [1.54, 1.807) is 73.8 Å². The van der Waals surface area contributed by atoms with Crippen molar-refractivity contribution in [2.24, 2.45) is 5.10 Å². The molecule has 0 aliphatic heterocycles. The van der Waals surface area contributed by atoms with Crippen LogP contribution in [0.25, 0.3) is 0 Å². The summed E-state index contributed by atoms with van der Waals surface area (Å²) in [7, 11) is 3.02. The van der Waals surface area contributed by atoms with E-state index in [2.05, 4.69) is 10.5 Å². The van der Waals surface area contributed by atoms with Gasteiger partial charge in [-0.2, -0.15) is 5.10 Å². The third-order valence-corrected chi connectivity index (χ3v) is 4.52. The van der Waals surface area contributed by atoms with E-state index in [9.17, 15) is 9.59 Å². The predicted octanol–water partition coefficient (Wildman–Crippen LogP) is 4.09. The van der Waals surface area contributed by atoms with Crippen LogP contribution in [-0.4, -0.2) is 38.9 Å². The van der Waals surface area contributed by atoms with E-state index < -0.39 is 5.97 Å². The van der Waals surface area contributed by atoms with E-state index >= 15 is 0 Å². The second kappa shape index (κ2) is 11.3. The Kier molecular flexibility index (Phi) is 8.02. The lowest BCUT2D eigenvalue weighted by atomic mass is 10.2. The standard InChI is InChI=1S/C25H24N2O6/c1-4-32-21-12-8-19(9-13-21)25(29)33-22-14-5-17(15-23(22)31-3)16-26-27-24(28)18-6-10-20(30-2)11-7-18/h5-16H,4H2,1-3H3,(H,27,28)/b26-16+. The number of nitrogens with one attached hydrogen (secondary N) is 1. The van der Waals surface area contributed by atoms with Crippen LogP contribution in [0.2, 0.25) is 0 Å². The van der Waals surface area contributed by atoms with Gasteiger partial charge in [0.25, 0.3) is 5.91 Å². The number of carbonyl (C=O) groups is 2. The Labute approximate surface area is 191 Å². The molecule has 0 heterocycles. The Hall–Kier alpha value is -4.33. The molecule has 0 fully saturated rings. The number of methoxy groups -OCH3 is 2.